The number of halogens is 1. The third kappa shape index (κ3) is 2.95. The van der Waals surface area contributed by atoms with Gasteiger partial charge in [0, 0.05) is 40.7 Å². The molecule has 140 valence electrons. The standard InChI is InChI=1S/C23H25BrN2O/c1-15-5-10-20-19(13-15)18-3-2-4-21-23(18)26(20)12-11-25(21)14-22(27)16-6-8-17(24)9-7-16/h5-10,13,21-22,27H,2-4,11-12,14H2,1H3. The van der Waals surface area contributed by atoms with Crippen LogP contribution in [0, 0.1) is 6.92 Å². The van der Waals surface area contributed by atoms with E-state index in [1.165, 1.54) is 41.4 Å². The fourth-order valence-electron chi connectivity index (χ4n) is 5.02. The lowest BCUT2D eigenvalue weighted by Gasteiger charge is -2.40. The molecule has 2 aromatic carbocycles. The van der Waals surface area contributed by atoms with Crippen LogP contribution in [0.4, 0.5) is 0 Å². The molecule has 1 aliphatic heterocycles. The minimum atomic E-state index is -0.443. The average molecular weight is 425 g/mol. The molecule has 2 atom stereocenters. The number of benzene rings is 2. The van der Waals surface area contributed by atoms with Crippen LogP contribution in [0.3, 0.4) is 0 Å². The first kappa shape index (κ1) is 17.5. The van der Waals surface area contributed by atoms with Crippen molar-refractivity contribution >= 4 is 26.8 Å². The van der Waals surface area contributed by atoms with Crippen LogP contribution in [-0.2, 0) is 13.0 Å². The number of β-amino-alcohol motifs (C(OH)–C–C–N with tert-alkyl or cyclic N) is 1. The summed E-state index contributed by atoms with van der Waals surface area (Å²) in [5.74, 6) is 0. The average Bonchev–Trinajstić information content (AvgIpc) is 2.99. The fraction of sp³-hybridized carbons (Fsp3) is 0.391. The van der Waals surface area contributed by atoms with Crippen molar-refractivity contribution in [3.05, 3.63) is 69.3 Å². The molecule has 5 rings (SSSR count). The van der Waals surface area contributed by atoms with E-state index >= 15 is 0 Å². The number of aliphatic hydroxyl groups is 1. The van der Waals surface area contributed by atoms with Crippen LogP contribution in [0.1, 0.15) is 47.4 Å². The Balaban J connectivity index is 1.49. The van der Waals surface area contributed by atoms with Gasteiger partial charge in [0.2, 0.25) is 0 Å². The van der Waals surface area contributed by atoms with Crippen molar-refractivity contribution in [3.8, 4) is 0 Å². The largest absolute Gasteiger partial charge is 0.387 e. The van der Waals surface area contributed by atoms with Gasteiger partial charge < -0.3 is 9.67 Å². The summed E-state index contributed by atoms with van der Waals surface area (Å²) in [5, 5.41) is 12.3. The molecule has 4 heteroatoms. The van der Waals surface area contributed by atoms with Crippen LogP contribution >= 0.6 is 15.9 Å². The monoisotopic (exact) mass is 424 g/mol. The van der Waals surface area contributed by atoms with Crippen LogP contribution in [-0.4, -0.2) is 27.7 Å². The molecule has 1 aliphatic carbocycles. The summed E-state index contributed by atoms with van der Waals surface area (Å²) in [6, 6.07) is 15.4. The first-order valence-electron chi connectivity index (χ1n) is 9.91. The molecule has 3 aromatic rings. The quantitative estimate of drug-likeness (QED) is 0.630. The normalized spacial score (nSPS) is 20.6. The number of rotatable bonds is 3. The summed E-state index contributed by atoms with van der Waals surface area (Å²) in [7, 11) is 0. The fourth-order valence-corrected chi connectivity index (χ4v) is 5.29. The van der Waals surface area contributed by atoms with Crippen molar-refractivity contribution in [2.75, 3.05) is 13.1 Å². The Bertz CT molecular complexity index is 992. The zero-order valence-electron chi connectivity index (χ0n) is 15.7. The molecule has 2 heterocycles. The van der Waals surface area contributed by atoms with E-state index in [-0.39, 0.29) is 0 Å². The molecule has 3 nitrogen and oxygen atoms in total. The highest BCUT2D eigenvalue weighted by molar-refractivity contribution is 9.10. The van der Waals surface area contributed by atoms with Crippen molar-refractivity contribution in [1.29, 1.82) is 0 Å². The second kappa shape index (κ2) is 6.77. The van der Waals surface area contributed by atoms with E-state index in [2.05, 4.69) is 50.5 Å². The summed E-state index contributed by atoms with van der Waals surface area (Å²) in [4.78, 5) is 2.51. The van der Waals surface area contributed by atoms with Crippen LogP contribution in [0.15, 0.2) is 46.9 Å². The molecular formula is C23H25BrN2O. The van der Waals surface area contributed by atoms with Crippen molar-refractivity contribution in [2.45, 2.75) is 44.9 Å². The molecule has 1 N–H and O–H groups in total. The van der Waals surface area contributed by atoms with Gasteiger partial charge in [0.15, 0.2) is 0 Å². The van der Waals surface area contributed by atoms with Gasteiger partial charge in [-0.15, -0.1) is 0 Å². The lowest BCUT2D eigenvalue weighted by Crippen LogP contribution is -2.41. The van der Waals surface area contributed by atoms with Crippen LogP contribution in [0.25, 0.3) is 10.9 Å². The van der Waals surface area contributed by atoms with E-state index in [1.54, 1.807) is 5.56 Å². The molecule has 0 saturated heterocycles. The first-order valence-corrected chi connectivity index (χ1v) is 10.7. The third-order valence-electron chi connectivity index (χ3n) is 6.30. The van der Waals surface area contributed by atoms with E-state index in [4.69, 9.17) is 0 Å². The summed E-state index contributed by atoms with van der Waals surface area (Å²) >= 11 is 3.47. The molecule has 0 saturated carbocycles. The summed E-state index contributed by atoms with van der Waals surface area (Å²) < 4.78 is 3.60. The molecule has 0 fully saturated rings. The Morgan fingerprint density at radius 1 is 1.15 bits per heavy atom. The zero-order chi connectivity index (χ0) is 18.5. The highest BCUT2D eigenvalue weighted by atomic mass is 79.9. The van der Waals surface area contributed by atoms with Crippen molar-refractivity contribution < 1.29 is 5.11 Å². The van der Waals surface area contributed by atoms with Crippen LogP contribution in [0.2, 0.25) is 0 Å². The third-order valence-corrected chi connectivity index (χ3v) is 6.83. The topological polar surface area (TPSA) is 28.4 Å². The molecule has 1 aromatic heterocycles. The predicted octanol–water partition coefficient (Wildman–Crippen LogP) is 5.14. The summed E-state index contributed by atoms with van der Waals surface area (Å²) in [5.41, 5.74) is 6.79. The smallest absolute Gasteiger partial charge is 0.0917 e. The SMILES string of the molecule is Cc1ccc2c(c1)c1c3n2CCN(CC(O)c2ccc(Br)cc2)C3CCC1. The van der Waals surface area contributed by atoms with Gasteiger partial charge >= 0.3 is 0 Å². The van der Waals surface area contributed by atoms with Gasteiger partial charge in [-0.3, -0.25) is 4.90 Å². The molecule has 0 amide bonds. The van der Waals surface area contributed by atoms with Crippen LogP contribution in [0.5, 0.6) is 0 Å². The van der Waals surface area contributed by atoms with Crippen molar-refractivity contribution in [3.63, 3.8) is 0 Å². The molecule has 0 bridgehead atoms. The highest BCUT2D eigenvalue weighted by Crippen LogP contribution is 2.43. The summed E-state index contributed by atoms with van der Waals surface area (Å²) in [6.45, 7) is 4.90. The van der Waals surface area contributed by atoms with Gasteiger partial charge in [-0.05, 0) is 61.6 Å². The van der Waals surface area contributed by atoms with E-state index in [0.717, 1.165) is 23.1 Å². The number of hydrogen-bond acceptors (Lipinski definition) is 2. The van der Waals surface area contributed by atoms with Crippen LogP contribution < -0.4 is 0 Å². The van der Waals surface area contributed by atoms with Gasteiger partial charge in [0.1, 0.15) is 0 Å². The van der Waals surface area contributed by atoms with Gasteiger partial charge in [-0.25, -0.2) is 0 Å². The van der Waals surface area contributed by atoms with Crippen molar-refractivity contribution in [1.82, 2.24) is 9.47 Å². The molecule has 0 spiro atoms. The Hall–Kier alpha value is -1.62. The maximum absolute atomic E-state index is 10.8. The molecule has 0 radical (unpaired) electrons. The number of aryl methyl sites for hydroxylation is 2. The number of hydrogen-bond donors (Lipinski definition) is 1. The van der Waals surface area contributed by atoms with Crippen molar-refractivity contribution in [2.24, 2.45) is 0 Å². The predicted molar refractivity (Wildman–Crippen MR) is 113 cm³/mol. The van der Waals surface area contributed by atoms with Gasteiger partial charge in [-0.1, -0.05) is 39.7 Å². The minimum Gasteiger partial charge on any atom is -0.387 e. The maximum atomic E-state index is 10.8. The zero-order valence-corrected chi connectivity index (χ0v) is 17.2. The second-order valence-corrected chi connectivity index (χ2v) is 8.92. The Morgan fingerprint density at radius 3 is 2.78 bits per heavy atom. The lowest BCUT2D eigenvalue weighted by molar-refractivity contribution is 0.0639. The first-order chi connectivity index (χ1) is 13.1. The lowest BCUT2D eigenvalue weighted by atomic mass is 9.89. The van der Waals surface area contributed by atoms with E-state index < -0.39 is 6.10 Å². The Morgan fingerprint density at radius 2 is 1.96 bits per heavy atom. The highest BCUT2D eigenvalue weighted by Gasteiger charge is 2.35. The number of aliphatic hydroxyl groups excluding tert-OH is 1. The second-order valence-electron chi connectivity index (χ2n) is 8.01. The molecule has 27 heavy (non-hydrogen) atoms. The minimum absolute atomic E-state index is 0.431. The number of fused-ring (bicyclic) bond motifs is 3. The molecule has 2 aliphatic rings. The number of aromatic nitrogens is 1. The van der Waals surface area contributed by atoms with E-state index in [0.29, 0.717) is 12.6 Å². The van der Waals surface area contributed by atoms with E-state index in [1.807, 2.05) is 24.3 Å². The Labute approximate surface area is 168 Å². The molecular weight excluding hydrogens is 400 g/mol. The molecule has 2 unspecified atom stereocenters. The van der Waals surface area contributed by atoms with Gasteiger partial charge in [-0.2, -0.15) is 0 Å². The maximum Gasteiger partial charge on any atom is 0.0917 e. The van der Waals surface area contributed by atoms with Gasteiger partial charge in [0.05, 0.1) is 12.1 Å². The number of nitrogens with zero attached hydrogens (tertiary/aromatic N) is 2. The Kier molecular flexibility index (Phi) is 4.38. The van der Waals surface area contributed by atoms with E-state index in [9.17, 15) is 5.11 Å². The van der Waals surface area contributed by atoms with Gasteiger partial charge in [0.25, 0.3) is 0 Å². The summed E-state index contributed by atoms with van der Waals surface area (Å²) in [6.07, 6.45) is 3.16.